The van der Waals surface area contributed by atoms with Crippen molar-refractivity contribution in [1.82, 2.24) is 9.36 Å². The van der Waals surface area contributed by atoms with Gasteiger partial charge < -0.3 is 0 Å². The first-order valence-corrected chi connectivity index (χ1v) is 8.99. The molecule has 2 N–H and O–H groups in total. The summed E-state index contributed by atoms with van der Waals surface area (Å²) in [4.78, 5) is 3.93. The van der Waals surface area contributed by atoms with Crippen LogP contribution < -0.4 is 5.14 Å². The molecule has 0 aliphatic heterocycles. The second-order valence-electron chi connectivity index (χ2n) is 3.88. The van der Waals surface area contributed by atoms with E-state index in [4.69, 9.17) is 5.14 Å². The van der Waals surface area contributed by atoms with Gasteiger partial charge in [0.1, 0.15) is 5.82 Å². The summed E-state index contributed by atoms with van der Waals surface area (Å²) in [5, 5.41) is 4.76. The average molecular weight is 297 g/mol. The normalized spacial score (nSPS) is 17.2. The lowest BCUT2D eigenvalue weighted by molar-refractivity contribution is 0.587. The van der Waals surface area contributed by atoms with Crippen molar-refractivity contribution in [3.8, 4) is 0 Å². The molecule has 0 saturated heterocycles. The van der Waals surface area contributed by atoms with Gasteiger partial charge in [-0.2, -0.15) is 4.37 Å². The summed E-state index contributed by atoms with van der Waals surface area (Å²) in [7, 11) is -7.48. The van der Waals surface area contributed by atoms with Crippen molar-refractivity contribution in [1.29, 1.82) is 0 Å². The summed E-state index contributed by atoms with van der Waals surface area (Å²) >= 11 is 0.791. The summed E-state index contributed by atoms with van der Waals surface area (Å²) in [6.07, 6.45) is 1.96. The van der Waals surface area contributed by atoms with Crippen LogP contribution in [0.4, 0.5) is 0 Å². The Labute approximate surface area is 103 Å². The first kappa shape index (κ1) is 12.9. The molecule has 0 amide bonds. The second kappa shape index (κ2) is 4.26. The third kappa shape index (κ3) is 3.44. The molecule has 0 unspecified atom stereocenters. The minimum absolute atomic E-state index is 0.122. The number of nitrogens with zero attached hydrogens (tertiary/aromatic N) is 2. The first-order valence-electron chi connectivity index (χ1n) is 4.85. The maximum atomic E-state index is 11.7. The SMILES string of the molecule is NS(=O)(=O)CCS(=O)(=O)c1nc(C2CC2)ns1. The van der Waals surface area contributed by atoms with E-state index in [9.17, 15) is 16.8 Å². The van der Waals surface area contributed by atoms with Crippen molar-refractivity contribution in [2.24, 2.45) is 5.14 Å². The highest BCUT2D eigenvalue weighted by Gasteiger charge is 2.30. The minimum Gasteiger partial charge on any atom is -0.229 e. The van der Waals surface area contributed by atoms with Gasteiger partial charge in [-0.25, -0.2) is 27.0 Å². The average Bonchev–Trinajstić information content (AvgIpc) is 2.92. The van der Waals surface area contributed by atoms with Gasteiger partial charge >= 0.3 is 0 Å². The fourth-order valence-corrected chi connectivity index (χ4v) is 4.69. The van der Waals surface area contributed by atoms with Crippen LogP contribution in [-0.4, -0.2) is 37.7 Å². The Morgan fingerprint density at radius 2 is 1.88 bits per heavy atom. The van der Waals surface area contributed by atoms with Gasteiger partial charge in [0, 0.05) is 5.92 Å². The number of sulfonamides is 1. The van der Waals surface area contributed by atoms with E-state index in [1.807, 2.05) is 0 Å². The van der Waals surface area contributed by atoms with E-state index in [0.717, 1.165) is 24.4 Å². The summed E-state index contributed by atoms with van der Waals surface area (Å²) in [6.45, 7) is 0. The Morgan fingerprint density at radius 1 is 1.24 bits per heavy atom. The van der Waals surface area contributed by atoms with Crippen molar-refractivity contribution in [2.75, 3.05) is 11.5 Å². The summed E-state index contributed by atoms with van der Waals surface area (Å²) in [6, 6.07) is 0. The third-order valence-corrected chi connectivity index (χ3v) is 6.18. The molecule has 10 heteroatoms. The molecule has 1 aliphatic carbocycles. The van der Waals surface area contributed by atoms with Crippen molar-refractivity contribution in [3.63, 3.8) is 0 Å². The Bertz CT molecular complexity index is 615. The Hall–Kier alpha value is -0.580. The predicted octanol–water partition coefficient (Wildman–Crippen LogP) is -0.522. The number of primary sulfonamides is 1. The van der Waals surface area contributed by atoms with E-state index < -0.39 is 31.4 Å². The highest BCUT2D eigenvalue weighted by atomic mass is 32.2. The third-order valence-electron chi connectivity index (χ3n) is 2.27. The molecule has 0 aromatic carbocycles. The van der Waals surface area contributed by atoms with Gasteiger partial charge in [-0.15, -0.1) is 0 Å². The smallest absolute Gasteiger partial charge is 0.228 e. The predicted molar refractivity (Wildman–Crippen MR) is 61.9 cm³/mol. The lowest BCUT2D eigenvalue weighted by Gasteiger charge is -1.98. The van der Waals surface area contributed by atoms with Crippen LogP contribution in [-0.2, 0) is 19.9 Å². The van der Waals surface area contributed by atoms with E-state index in [2.05, 4.69) is 9.36 Å². The highest BCUT2D eigenvalue weighted by molar-refractivity contribution is 7.95. The fourth-order valence-electron chi connectivity index (χ4n) is 1.17. The van der Waals surface area contributed by atoms with Crippen LogP contribution in [0.5, 0.6) is 0 Å². The van der Waals surface area contributed by atoms with E-state index in [-0.39, 0.29) is 10.3 Å². The molecule has 1 saturated carbocycles. The van der Waals surface area contributed by atoms with Crippen LogP contribution in [0, 0.1) is 0 Å². The zero-order chi connectivity index (χ0) is 12.7. The van der Waals surface area contributed by atoms with Crippen LogP contribution in [0.2, 0.25) is 0 Å². The molecule has 17 heavy (non-hydrogen) atoms. The van der Waals surface area contributed by atoms with E-state index in [1.54, 1.807) is 0 Å². The zero-order valence-electron chi connectivity index (χ0n) is 8.74. The van der Waals surface area contributed by atoms with Crippen LogP contribution in [0.3, 0.4) is 0 Å². The highest BCUT2D eigenvalue weighted by Crippen LogP contribution is 2.39. The van der Waals surface area contributed by atoms with Crippen molar-refractivity contribution in [3.05, 3.63) is 5.82 Å². The number of sulfone groups is 1. The molecule has 0 spiro atoms. The molecular weight excluding hydrogens is 286 g/mol. The monoisotopic (exact) mass is 297 g/mol. The van der Waals surface area contributed by atoms with Gasteiger partial charge in [-0.05, 0) is 24.4 Å². The molecule has 1 aliphatic rings. The molecule has 0 radical (unpaired) electrons. The summed E-state index contributed by atoms with van der Waals surface area (Å²) in [5.74, 6) is -0.337. The molecule has 0 atom stereocenters. The van der Waals surface area contributed by atoms with Gasteiger partial charge in [-0.1, -0.05) is 0 Å². The molecule has 1 fully saturated rings. The van der Waals surface area contributed by atoms with Crippen molar-refractivity contribution >= 4 is 31.4 Å². The number of nitrogens with two attached hydrogens (primary N) is 1. The Morgan fingerprint density at radius 3 is 2.41 bits per heavy atom. The van der Waals surface area contributed by atoms with Crippen LogP contribution in [0.1, 0.15) is 24.6 Å². The van der Waals surface area contributed by atoms with Gasteiger partial charge in [0.15, 0.2) is 0 Å². The summed E-state index contributed by atoms with van der Waals surface area (Å²) < 4.78 is 48.7. The maximum absolute atomic E-state index is 11.7. The summed E-state index contributed by atoms with van der Waals surface area (Å²) in [5.41, 5.74) is 0. The molecule has 0 bridgehead atoms. The fraction of sp³-hybridized carbons (Fsp3) is 0.714. The number of hydrogen-bond acceptors (Lipinski definition) is 7. The van der Waals surface area contributed by atoms with Crippen LogP contribution in [0.25, 0.3) is 0 Å². The standard InChI is InChI=1S/C7H11N3O4S3/c8-17(13,14)4-3-16(11,12)7-9-6(10-15-7)5-1-2-5/h5H,1-4H2,(H2,8,13,14). The van der Waals surface area contributed by atoms with Gasteiger partial charge in [-0.3, -0.25) is 0 Å². The Balaban J connectivity index is 2.13. The molecule has 1 aromatic heterocycles. The molecule has 7 nitrogen and oxygen atoms in total. The van der Waals surface area contributed by atoms with Gasteiger partial charge in [0.25, 0.3) is 0 Å². The number of rotatable bonds is 5. The molecule has 96 valence electrons. The molecule has 1 heterocycles. The largest absolute Gasteiger partial charge is 0.229 e. The Kier molecular flexibility index (Phi) is 3.23. The maximum Gasteiger partial charge on any atom is 0.228 e. The van der Waals surface area contributed by atoms with E-state index in [0.29, 0.717) is 5.82 Å². The van der Waals surface area contributed by atoms with E-state index >= 15 is 0 Å². The number of hydrogen-bond donors (Lipinski definition) is 1. The first-order chi connectivity index (χ1) is 7.78. The lowest BCUT2D eigenvalue weighted by atomic mass is 10.4. The molecule has 2 rings (SSSR count). The van der Waals surface area contributed by atoms with Crippen molar-refractivity contribution < 1.29 is 16.8 Å². The molecular formula is C7H11N3O4S3. The second-order valence-corrected chi connectivity index (χ2v) is 8.65. The topological polar surface area (TPSA) is 120 Å². The minimum atomic E-state index is -3.79. The van der Waals surface area contributed by atoms with Gasteiger partial charge in [0.05, 0.1) is 11.5 Å². The van der Waals surface area contributed by atoms with Crippen molar-refractivity contribution in [2.45, 2.75) is 23.1 Å². The van der Waals surface area contributed by atoms with E-state index in [1.165, 1.54) is 0 Å². The van der Waals surface area contributed by atoms with Crippen LogP contribution >= 0.6 is 11.5 Å². The zero-order valence-corrected chi connectivity index (χ0v) is 11.2. The number of aromatic nitrogens is 2. The van der Waals surface area contributed by atoms with Gasteiger partial charge in [0.2, 0.25) is 24.2 Å². The quantitative estimate of drug-likeness (QED) is 0.780. The lowest BCUT2D eigenvalue weighted by Crippen LogP contribution is -2.23. The molecule has 1 aromatic rings. The van der Waals surface area contributed by atoms with Crippen LogP contribution in [0.15, 0.2) is 4.34 Å².